The van der Waals surface area contributed by atoms with Crippen LogP contribution in [0.25, 0.3) is 0 Å². The molecule has 0 spiro atoms. The van der Waals surface area contributed by atoms with E-state index in [2.05, 4.69) is 38.1 Å². The topological polar surface area (TPSA) is 29.5 Å². The van der Waals surface area contributed by atoms with Gasteiger partial charge in [-0.25, -0.2) is 0 Å². The number of aliphatic hydroxyl groups excluding tert-OH is 1. The van der Waals surface area contributed by atoms with Crippen LogP contribution in [0.5, 0.6) is 0 Å². The number of hydrogen-bond acceptors (Lipinski definition) is 2. The lowest BCUT2D eigenvalue weighted by Gasteiger charge is -2.32. The van der Waals surface area contributed by atoms with E-state index in [0.717, 1.165) is 19.4 Å². The molecule has 2 aliphatic rings. The van der Waals surface area contributed by atoms with Crippen LogP contribution in [0.4, 0.5) is 0 Å². The first-order valence-electron chi connectivity index (χ1n) is 7.96. The molecule has 1 saturated heterocycles. The van der Waals surface area contributed by atoms with E-state index < -0.39 is 0 Å². The highest BCUT2D eigenvalue weighted by atomic mass is 16.5. The molecule has 0 amide bonds. The largest absolute Gasteiger partial charge is 0.396 e. The molecule has 2 nitrogen and oxygen atoms in total. The molecule has 110 valence electrons. The van der Waals surface area contributed by atoms with Crippen molar-refractivity contribution in [3.63, 3.8) is 0 Å². The molecule has 1 saturated carbocycles. The predicted molar refractivity (Wildman–Crippen MR) is 80.8 cm³/mol. The van der Waals surface area contributed by atoms with Crippen LogP contribution in [-0.2, 0) is 11.2 Å². The Bertz CT molecular complexity index is 447. The normalized spacial score (nSPS) is 30.1. The molecule has 1 N–H and O–H groups in total. The second-order valence-corrected chi connectivity index (χ2v) is 6.97. The minimum atomic E-state index is -0.0412. The molecule has 0 radical (unpaired) electrons. The summed E-state index contributed by atoms with van der Waals surface area (Å²) in [4.78, 5) is 0. The van der Waals surface area contributed by atoms with Crippen molar-refractivity contribution in [2.75, 3.05) is 13.2 Å². The van der Waals surface area contributed by atoms with Gasteiger partial charge in [-0.1, -0.05) is 38.1 Å². The molecule has 3 rings (SSSR count). The summed E-state index contributed by atoms with van der Waals surface area (Å²) < 4.78 is 5.96. The first kappa shape index (κ1) is 14.1. The van der Waals surface area contributed by atoms with Gasteiger partial charge in [0.25, 0.3) is 0 Å². The molecule has 1 aromatic rings. The van der Waals surface area contributed by atoms with Crippen molar-refractivity contribution < 1.29 is 9.84 Å². The van der Waals surface area contributed by atoms with Crippen molar-refractivity contribution in [1.82, 2.24) is 0 Å². The summed E-state index contributed by atoms with van der Waals surface area (Å²) in [5.74, 6) is 1.27. The Balaban J connectivity index is 1.76. The zero-order valence-electron chi connectivity index (χ0n) is 12.6. The quantitative estimate of drug-likeness (QED) is 0.890. The maximum atomic E-state index is 9.99. The molecular weight excluding hydrogens is 248 g/mol. The first-order valence-corrected chi connectivity index (χ1v) is 7.96. The summed E-state index contributed by atoms with van der Waals surface area (Å²) in [6, 6.07) is 8.92. The van der Waals surface area contributed by atoms with Gasteiger partial charge in [-0.15, -0.1) is 0 Å². The van der Waals surface area contributed by atoms with Gasteiger partial charge in [0.1, 0.15) is 0 Å². The van der Waals surface area contributed by atoms with Crippen molar-refractivity contribution >= 4 is 0 Å². The van der Waals surface area contributed by atoms with Crippen LogP contribution >= 0.6 is 0 Å². The van der Waals surface area contributed by atoms with E-state index in [9.17, 15) is 5.11 Å². The van der Waals surface area contributed by atoms with Crippen LogP contribution in [0, 0.1) is 11.3 Å². The lowest BCUT2D eigenvalue weighted by atomic mass is 9.74. The highest BCUT2D eigenvalue weighted by Crippen LogP contribution is 2.49. The maximum absolute atomic E-state index is 9.99. The van der Waals surface area contributed by atoms with E-state index in [-0.39, 0.29) is 18.1 Å². The molecule has 1 aliphatic carbocycles. The van der Waals surface area contributed by atoms with Crippen molar-refractivity contribution in [1.29, 1.82) is 0 Å². The monoisotopic (exact) mass is 274 g/mol. The van der Waals surface area contributed by atoms with Gasteiger partial charge in [0.15, 0.2) is 0 Å². The average Bonchev–Trinajstić information content (AvgIpc) is 3.21. The fourth-order valence-electron chi connectivity index (χ4n) is 3.58. The van der Waals surface area contributed by atoms with Crippen molar-refractivity contribution in [2.24, 2.45) is 11.3 Å². The average molecular weight is 274 g/mol. The zero-order valence-corrected chi connectivity index (χ0v) is 12.6. The number of benzene rings is 1. The van der Waals surface area contributed by atoms with Gasteiger partial charge >= 0.3 is 0 Å². The highest BCUT2D eigenvalue weighted by Gasteiger charge is 2.50. The van der Waals surface area contributed by atoms with Crippen LogP contribution < -0.4 is 0 Å². The van der Waals surface area contributed by atoms with Crippen LogP contribution in [-0.4, -0.2) is 24.4 Å². The molecule has 2 fully saturated rings. The molecule has 20 heavy (non-hydrogen) atoms. The lowest BCUT2D eigenvalue weighted by Crippen LogP contribution is -2.38. The third kappa shape index (κ3) is 2.64. The Morgan fingerprint density at radius 1 is 1.25 bits per heavy atom. The molecular formula is C18H26O2. The smallest absolute Gasteiger partial charge is 0.0685 e. The molecule has 2 unspecified atom stereocenters. The highest BCUT2D eigenvalue weighted by molar-refractivity contribution is 5.26. The summed E-state index contributed by atoms with van der Waals surface area (Å²) in [5.41, 5.74) is 2.67. The fourth-order valence-corrected chi connectivity index (χ4v) is 3.58. The second-order valence-electron chi connectivity index (χ2n) is 6.97. The number of aliphatic hydroxyl groups is 1. The minimum Gasteiger partial charge on any atom is -0.396 e. The van der Waals surface area contributed by atoms with E-state index in [0.29, 0.717) is 11.8 Å². The van der Waals surface area contributed by atoms with E-state index in [1.54, 1.807) is 0 Å². The van der Waals surface area contributed by atoms with Crippen LogP contribution in [0.2, 0.25) is 0 Å². The summed E-state index contributed by atoms with van der Waals surface area (Å²) >= 11 is 0. The molecule has 1 aliphatic heterocycles. The van der Waals surface area contributed by atoms with E-state index >= 15 is 0 Å². The van der Waals surface area contributed by atoms with Gasteiger partial charge in [-0.2, -0.15) is 0 Å². The first-order chi connectivity index (χ1) is 9.64. The summed E-state index contributed by atoms with van der Waals surface area (Å²) in [7, 11) is 0. The SMILES string of the molecule is CC(C)c1ccc(CC2(CO)CCOC2C2CC2)cc1. The second kappa shape index (κ2) is 5.50. The van der Waals surface area contributed by atoms with Gasteiger partial charge in [0.2, 0.25) is 0 Å². The van der Waals surface area contributed by atoms with Gasteiger partial charge < -0.3 is 9.84 Å². The lowest BCUT2D eigenvalue weighted by molar-refractivity contribution is 0.000584. The number of ether oxygens (including phenoxy) is 1. The molecule has 2 atom stereocenters. The molecule has 1 heterocycles. The fraction of sp³-hybridized carbons (Fsp3) is 0.667. The van der Waals surface area contributed by atoms with Crippen molar-refractivity contribution in [3.05, 3.63) is 35.4 Å². The molecule has 0 aromatic heterocycles. The third-order valence-electron chi connectivity index (χ3n) is 5.07. The molecule has 2 heteroatoms. The number of hydrogen-bond donors (Lipinski definition) is 1. The van der Waals surface area contributed by atoms with Crippen molar-refractivity contribution in [3.8, 4) is 0 Å². The van der Waals surface area contributed by atoms with E-state index in [1.165, 1.54) is 24.0 Å². The number of rotatable bonds is 5. The zero-order chi connectivity index (χ0) is 14.2. The van der Waals surface area contributed by atoms with Crippen molar-refractivity contribution in [2.45, 2.75) is 51.6 Å². The van der Waals surface area contributed by atoms with Crippen LogP contribution in [0.3, 0.4) is 0 Å². The standard InChI is InChI=1S/C18H26O2/c1-13(2)15-5-3-14(4-6-15)11-18(12-19)9-10-20-17(18)16-7-8-16/h3-6,13,16-17,19H,7-12H2,1-2H3. The Labute approximate surface area is 122 Å². The maximum Gasteiger partial charge on any atom is 0.0685 e. The summed E-state index contributed by atoms with van der Waals surface area (Å²) in [6.45, 7) is 5.50. The Kier molecular flexibility index (Phi) is 3.87. The van der Waals surface area contributed by atoms with E-state index in [4.69, 9.17) is 4.74 Å². The van der Waals surface area contributed by atoms with E-state index in [1.807, 2.05) is 0 Å². The van der Waals surface area contributed by atoms with Gasteiger partial charge in [0.05, 0.1) is 12.7 Å². The van der Waals surface area contributed by atoms with Crippen LogP contribution in [0.1, 0.15) is 50.2 Å². The molecule has 0 bridgehead atoms. The Morgan fingerprint density at radius 2 is 1.95 bits per heavy atom. The van der Waals surface area contributed by atoms with Gasteiger partial charge in [-0.3, -0.25) is 0 Å². The third-order valence-corrected chi connectivity index (χ3v) is 5.07. The van der Waals surface area contributed by atoms with Gasteiger partial charge in [-0.05, 0) is 48.6 Å². The summed E-state index contributed by atoms with van der Waals surface area (Å²) in [5, 5.41) is 9.99. The van der Waals surface area contributed by atoms with Crippen LogP contribution in [0.15, 0.2) is 24.3 Å². The molecule has 1 aromatic carbocycles. The Hall–Kier alpha value is -0.860. The Morgan fingerprint density at radius 3 is 2.50 bits per heavy atom. The minimum absolute atomic E-state index is 0.0412. The summed E-state index contributed by atoms with van der Waals surface area (Å²) in [6.07, 6.45) is 4.77. The van der Waals surface area contributed by atoms with Gasteiger partial charge in [0, 0.05) is 12.0 Å². The predicted octanol–water partition coefficient (Wildman–Crippen LogP) is 3.53.